The summed E-state index contributed by atoms with van der Waals surface area (Å²) in [6.45, 7) is 0. The second kappa shape index (κ2) is 4.70. The fourth-order valence-electron chi connectivity index (χ4n) is 3.06. The molecule has 0 radical (unpaired) electrons. The Morgan fingerprint density at radius 2 is 1.80 bits per heavy atom. The summed E-state index contributed by atoms with van der Waals surface area (Å²) in [5.41, 5.74) is 0.0190. The van der Waals surface area contributed by atoms with Crippen molar-refractivity contribution < 1.29 is 19.5 Å². The summed E-state index contributed by atoms with van der Waals surface area (Å²) in [5, 5.41) is 8.97. The van der Waals surface area contributed by atoms with Gasteiger partial charge in [-0.15, -0.1) is 0 Å². The van der Waals surface area contributed by atoms with Crippen molar-refractivity contribution in [2.45, 2.75) is 25.7 Å². The molecule has 20 heavy (non-hydrogen) atoms. The molecule has 0 bridgehead atoms. The molecule has 6 heteroatoms. The van der Waals surface area contributed by atoms with Gasteiger partial charge in [-0.25, -0.2) is 14.7 Å². The van der Waals surface area contributed by atoms with E-state index >= 15 is 0 Å². The van der Waals surface area contributed by atoms with Crippen LogP contribution in [0.1, 0.15) is 36.0 Å². The lowest BCUT2D eigenvalue weighted by atomic mass is 9.81. The summed E-state index contributed by atoms with van der Waals surface area (Å²) in [4.78, 5) is 40.7. The molecule has 0 aromatic carbocycles. The van der Waals surface area contributed by atoms with Gasteiger partial charge in [0.05, 0.1) is 17.4 Å². The zero-order chi connectivity index (χ0) is 14.3. The Balaban J connectivity index is 1.97. The minimum atomic E-state index is -1.11. The van der Waals surface area contributed by atoms with Crippen molar-refractivity contribution in [3.63, 3.8) is 0 Å². The second-order valence-electron chi connectivity index (χ2n) is 5.22. The standard InChI is InChI=1S/C14H14N2O4/c17-12-9-3-1-2-4-10(9)13(18)16(12)11-7-8(14(19)20)5-6-15-11/h5-7,9-10H,1-4H2,(H,19,20). The second-order valence-corrected chi connectivity index (χ2v) is 5.22. The van der Waals surface area contributed by atoms with Crippen molar-refractivity contribution in [1.29, 1.82) is 0 Å². The molecule has 1 saturated carbocycles. The molecule has 2 atom stereocenters. The number of carbonyl (C=O) groups is 3. The summed E-state index contributed by atoms with van der Waals surface area (Å²) in [6, 6.07) is 2.61. The Bertz CT molecular complexity index is 575. The molecule has 3 rings (SSSR count). The number of carboxylic acids is 1. The van der Waals surface area contributed by atoms with E-state index in [4.69, 9.17) is 5.11 Å². The molecule has 1 aliphatic heterocycles. The van der Waals surface area contributed by atoms with Gasteiger partial charge >= 0.3 is 5.97 Å². The highest BCUT2D eigenvalue weighted by molar-refractivity contribution is 6.21. The van der Waals surface area contributed by atoms with E-state index < -0.39 is 5.97 Å². The van der Waals surface area contributed by atoms with Crippen molar-refractivity contribution in [3.8, 4) is 0 Å². The first kappa shape index (κ1) is 12.8. The van der Waals surface area contributed by atoms with Gasteiger partial charge in [0.25, 0.3) is 0 Å². The maximum atomic E-state index is 12.3. The Hall–Kier alpha value is -2.24. The molecule has 6 nitrogen and oxygen atoms in total. The minimum Gasteiger partial charge on any atom is -0.478 e. The maximum Gasteiger partial charge on any atom is 0.335 e. The van der Waals surface area contributed by atoms with E-state index in [-0.39, 0.29) is 35.0 Å². The first-order valence-electron chi connectivity index (χ1n) is 6.67. The quantitative estimate of drug-likeness (QED) is 0.825. The lowest BCUT2D eigenvalue weighted by Crippen LogP contribution is -2.31. The van der Waals surface area contributed by atoms with Gasteiger partial charge in [-0.1, -0.05) is 12.8 Å². The van der Waals surface area contributed by atoms with E-state index in [9.17, 15) is 14.4 Å². The van der Waals surface area contributed by atoms with Crippen LogP contribution in [-0.2, 0) is 9.59 Å². The van der Waals surface area contributed by atoms with Crippen molar-refractivity contribution >= 4 is 23.6 Å². The van der Waals surface area contributed by atoms with Crippen LogP contribution in [0.15, 0.2) is 18.3 Å². The zero-order valence-corrected chi connectivity index (χ0v) is 10.8. The van der Waals surface area contributed by atoms with Crippen LogP contribution in [-0.4, -0.2) is 27.9 Å². The Labute approximate surface area is 115 Å². The fourth-order valence-corrected chi connectivity index (χ4v) is 3.06. The predicted octanol–water partition coefficient (Wildman–Crippen LogP) is 1.46. The van der Waals surface area contributed by atoms with Gasteiger partial charge in [0, 0.05) is 6.20 Å². The molecule has 2 fully saturated rings. The predicted molar refractivity (Wildman–Crippen MR) is 69.1 cm³/mol. The molecule has 1 aromatic rings. The van der Waals surface area contributed by atoms with Crippen molar-refractivity contribution in [3.05, 3.63) is 23.9 Å². The van der Waals surface area contributed by atoms with Crippen LogP contribution in [0.25, 0.3) is 0 Å². The van der Waals surface area contributed by atoms with Crippen molar-refractivity contribution in [1.82, 2.24) is 4.98 Å². The van der Waals surface area contributed by atoms with E-state index in [1.807, 2.05) is 0 Å². The van der Waals surface area contributed by atoms with E-state index in [0.29, 0.717) is 0 Å². The third-order valence-corrected chi connectivity index (χ3v) is 4.06. The summed E-state index contributed by atoms with van der Waals surface area (Å²) in [6.07, 6.45) is 4.67. The highest BCUT2D eigenvalue weighted by atomic mass is 16.4. The molecule has 0 spiro atoms. The Morgan fingerprint density at radius 3 is 2.35 bits per heavy atom. The number of amides is 2. The van der Waals surface area contributed by atoms with Crippen LogP contribution >= 0.6 is 0 Å². The monoisotopic (exact) mass is 274 g/mol. The number of aromatic nitrogens is 1. The molecular formula is C14H14N2O4. The van der Waals surface area contributed by atoms with Crippen LogP contribution in [0.5, 0.6) is 0 Å². The Morgan fingerprint density at radius 1 is 1.20 bits per heavy atom. The SMILES string of the molecule is O=C(O)c1ccnc(N2C(=O)C3CCCCC3C2=O)c1. The topological polar surface area (TPSA) is 87.6 Å². The molecule has 1 N–H and O–H groups in total. The number of hydrogen-bond acceptors (Lipinski definition) is 4. The molecule has 2 unspecified atom stereocenters. The maximum absolute atomic E-state index is 12.3. The molecule has 1 aliphatic carbocycles. The molecule has 104 valence electrons. The van der Waals surface area contributed by atoms with E-state index in [2.05, 4.69) is 4.98 Å². The van der Waals surface area contributed by atoms with Gasteiger partial charge in [0.15, 0.2) is 0 Å². The number of carboxylic acid groups (broad SMARTS) is 1. The largest absolute Gasteiger partial charge is 0.478 e. The first-order chi connectivity index (χ1) is 9.59. The smallest absolute Gasteiger partial charge is 0.335 e. The first-order valence-corrected chi connectivity index (χ1v) is 6.67. The van der Waals surface area contributed by atoms with Crippen LogP contribution in [0.4, 0.5) is 5.82 Å². The lowest BCUT2D eigenvalue weighted by molar-refractivity contribution is -0.122. The van der Waals surface area contributed by atoms with E-state index in [1.54, 1.807) is 0 Å². The van der Waals surface area contributed by atoms with Gasteiger partial charge < -0.3 is 5.11 Å². The molecule has 1 aromatic heterocycles. The van der Waals surface area contributed by atoms with Crippen molar-refractivity contribution in [2.75, 3.05) is 4.90 Å². The van der Waals surface area contributed by atoms with Crippen LogP contribution in [0.2, 0.25) is 0 Å². The summed E-state index contributed by atoms with van der Waals surface area (Å²) in [5.74, 6) is -1.98. The summed E-state index contributed by atoms with van der Waals surface area (Å²) >= 11 is 0. The number of rotatable bonds is 2. The number of pyridine rings is 1. The number of anilines is 1. The summed E-state index contributed by atoms with van der Waals surface area (Å²) < 4.78 is 0. The van der Waals surface area contributed by atoms with Crippen LogP contribution in [0, 0.1) is 11.8 Å². The molecule has 2 aliphatic rings. The number of aromatic carboxylic acids is 1. The highest BCUT2D eigenvalue weighted by Crippen LogP contribution is 2.39. The number of hydrogen-bond donors (Lipinski definition) is 1. The fraction of sp³-hybridized carbons (Fsp3) is 0.429. The normalized spacial score (nSPS) is 25.7. The van der Waals surface area contributed by atoms with E-state index in [0.717, 1.165) is 30.6 Å². The number of fused-ring (bicyclic) bond motifs is 1. The Kier molecular flexibility index (Phi) is 3.00. The van der Waals surface area contributed by atoms with E-state index in [1.165, 1.54) is 18.3 Å². The third-order valence-electron chi connectivity index (χ3n) is 4.06. The van der Waals surface area contributed by atoms with Crippen LogP contribution < -0.4 is 4.90 Å². The number of imide groups is 1. The molecular weight excluding hydrogens is 260 g/mol. The molecule has 2 amide bonds. The van der Waals surface area contributed by atoms with Gasteiger partial charge in [0.1, 0.15) is 5.82 Å². The van der Waals surface area contributed by atoms with Gasteiger partial charge in [-0.2, -0.15) is 0 Å². The highest BCUT2D eigenvalue weighted by Gasteiger charge is 2.49. The van der Waals surface area contributed by atoms with Gasteiger partial charge in [0.2, 0.25) is 11.8 Å². The van der Waals surface area contributed by atoms with Gasteiger partial charge in [-0.3, -0.25) is 9.59 Å². The van der Waals surface area contributed by atoms with Crippen LogP contribution in [0.3, 0.4) is 0 Å². The average Bonchev–Trinajstić information content (AvgIpc) is 2.72. The third kappa shape index (κ3) is 1.88. The average molecular weight is 274 g/mol. The lowest BCUT2D eigenvalue weighted by Gasteiger charge is -2.19. The number of carbonyl (C=O) groups excluding carboxylic acids is 2. The van der Waals surface area contributed by atoms with Gasteiger partial charge in [-0.05, 0) is 25.0 Å². The minimum absolute atomic E-state index is 0.0190. The van der Waals surface area contributed by atoms with Crippen molar-refractivity contribution in [2.24, 2.45) is 11.8 Å². The molecule has 2 heterocycles. The molecule has 1 saturated heterocycles. The summed E-state index contributed by atoms with van der Waals surface area (Å²) in [7, 11) is 0. The number of nitrogens with zero attached hydrogens (tertiary/aromatic N) is 2. The zero-order valence-electron chi connectivity index (χ0n) is 10.8.